The van der Waals surface area contributed by atoms with Gasteiger partial charge in [0, 0.05) is 6.20 Å². The molecule has 3 N–H and O–H groups in total. The van der Waals surface area contributed by atoms with Crippen molar-refractivity contribution in [3.05, 3.63) is 29.6 Å². The number of carboxylic acid groups (broad SMARTS) is 1. The monoisotopic (exact) mass is 180 g/mol. The molecule has 1 rings (SSSR count). The molecule has 0 fully saturated rings. The van der Waals surface area contributed by atoms with Crippen LogP contribution in [0.5, 0.6) is 0 Å². The molecular weight excluding hydrogens is 168 g/mol. The quantitative estimate of drug-likeness (QED) is 0.718. The highest BCUT2D eigenvalue weighted by molar-refractivity contribution is 5.75. The van der Waals surface area contributed by atoms with Crippen LogP contribution in [0.2, 0.25) is 0 Å². The number of carbonyl (C=O) groups is 1. The zero-order valence-electron chi connectivity index (χ0n) is 7.40. The van der Waals surface area contributed by atoms with Crippen molar-refractivity contribution in [2.45, 2.75) is 19.4 Å². The lowest BCUT2D eigenvalue weighted by atomic mass is 10.1. The van der Waals surface area contributed by atoms with E-state index in [-0.39, 0.29) is 0 Å². The number of aromatic nitrogens is 1. The number of aryl methyl sites for hydroxylation is 1. The molecule has 0 bridgehead atoms. The first kappa shape index (κ1) is 9.67. The lowest BCUT2D eigenvalue weighted by molar-refractivity contribution is -0.138. The van der Waals surface area contributed by atoms with Crippen LogP contribution in [0.1, 0.15) is 24.2 Å². The maximum atomic E-state index is 10.6. The summed E-state index contributed by atoms with van der Waals surface area (Å²) in [5, 5.41) is 8.69. The van der Waals surface area contributed by atoms with Crippen molar-refractivity contribution < 1.29 is 9.90 Å². The molecule has 1 atom stereocenters. The minimum absolute atomic E-state index is 0.456. The summed E-state index contributed by atoms with van der Waals surface area (Å²) in [6.07, 6.45) is 2.29. The fourth-order valence-corrected chi connectivity index (χ4v) is 1.15. The van der Waals surface area contributed by atoms with Crippen LogP contribution in [0.25, 0.3) is 0 Å². The largest absolute Gasteiger partial charge is 0.480 e. The highest BCUT2D eigenvalue weighted by Crippen LogP contribution is 2.13. The second kappa shape index (κ2) is 4.00. The number of hydrogen-bond donors (Lipinski definition) is 2. The zero-order chi connectivity index (χ0) is 9.84. The molecule has 0 saturated carbocycles. The van der Waals surface area contributed by atoms with E-state index in [4.69, 9.17) is 10.8 Å². The van der Waals surface area contributed by atoms with Gasteiger partial charge in [0.1, 0.15) is 6.04 Å². The topological polar surface area (TPSA) is 76.2 Å². The SMILES string of the molecule is CCc1cccnc1[C@H](N)C(=O)O. The Morgan fingerprint density at radius 3 is 3.00 bits per heavy atom. The summed E-state index contributed by atoms with van der Waals surface area (Å²) in [4.78, 5) is 14.6. The second-order valence-electron chi connectivity index (χ2n) is 2.72. The summed E-state index contributed by atoms with van der Waals surface area (Å²) in [5.41, 5.74) is 6.79. The molecule has 0 amide bonds. The molecule has 4 nitrogen and oxygen atoms in total. The van der Waals surface area contributed by atoms with E-state index in [9.17, 15) is 4.79 Å². The van der Waals surface area contributed by atoms with Crippen molar-refractivity contribution in [2.75, 3.05) is 0 Å². The van der Waals surface area contributed by atoms with E-state index < -0.39 is 12.0 Å². The van der Waals surface area contributed by atoms with Crippen LogP contribution in [0.4, 0.5) is 0 Å². The third-order valence-corrected chi connectivity index (χ3v) is 1.87. The molecule has 0 radical (unpaired) electrons. The maximum absolute atomic E-state index is 10.6. The lowest BCUT2D eigenvalue weighted by Gasteiger charge is -2.09. The number of nitrogens with two attached hydrogens (primary N) is 1. The Balaban J connectivity index is 3.05. The van der Waals surface area contributed by atoms with E-state index >= 15 is 0 Å². The van der Waals surface area contributed by atoms with Crippen molar-refractivity contribution in [3.63, 3.8) is 0 Å². The number of rotatable bonds is 3. The van der Waals surface area contributed by atoms with Crippen LogP contribution in [0.3, 0.4) is 0 Å². The van der Waals surface area contributed by atoms with Gasteiger partial charge in [-0.15, -0.1) is 0 Å². The molecule has 0 saturated heterocycles. The first-order valence-corrected chi connectivity index (χ1v) is 4.09. The van der Waals surface area contributed by atoms with Crippen LogP contribution >= 0.6 is 0 Å². The van der Waals surface area contributed by atoms with Crippen LogP contribution in [0.15, 0.2) is 18.3 Å². The Bertz CT molecular complexity index is 312. The van der Waals surface area contributed by atoms with Crippen molar-refractivity contribution in [1.29, 1.82) is 0 Å². The van der Waals surface area contributed by atoms with E-state index in [0.29, 0.717) is 5.69 Å². The predicted molar refractivity (Wildman–Crippen MR) is 48.2 cm³/mol. The van der Waals surface area contributed by atoms with Crippen LogP contribution in [0, 0.1) is 0 Å². The Kier molecular flexibility index (Phi) is 2.97. The highest BCUT2D eigenvalue weighted by Gasteiger charge is 2.17. The fraction of sp³-hybridized carbons (Fsp3) is 0.333. The minimum Gasteiger partial charge on any atom is -0.480 e. The maximum Gasteiger partial charge on any atom is 0.326 e. The highest BCUT2D eigenvalue weighted by atomic mass is 16.4. The average molecular weight is 180 g/mol. The average Bonchev–Trinajstić information content (AvgIpc) is 2.16. The number of nitrogens with zero attached hydrogens (tertiary/aromatic N) is 1. The molecule has 0 unspecified atom stereocenters. The van der Waals surface area contributed by atoms with E-state index in [1.54, 1.807) is 12.3 Å². The smallest absolute Gasteiger partial charge is 0.326 e. The van der Waals surface area contributed by atoms with Crippen molar-refractivity contribution >= 4 is 5.97 Å². The van der Waals surface area contributed by atoms with Crippen LogP contribution in [-0.4, -0.2) is 16.1 Å². The van der Waals surface area contributed by atoms with Gasteiger partial charge < -0.3 is 10.8 Å². The number of aliphatic carboxylic acids is 1. The van der Waals surface area contributed by atoms with Gasteiger partial charge in [0.15, 0.2) is 0 Å². The summed E-state index contributed by atoms with van der Waals surface area (Å²) >= 11 is 0. The minimum atomic E-state index is -1.05. The second-order valence-corrected chi connectivity index (χ2v) is 2.72. The summed E-state index contributed by atoms with van der Waals surface area (Å²) in [7, 11) is 0. The Morgan fingerprint density at radius 2 is 2.46 bits per heavy atom. The number of pyridine rings is 1. The summed E-state index contributed by atoms with van der Waals surface area (Å²) in [5.74, 6) is -1.05. The molecular formula is C9H12N2O2. The number of hydrogen-bond acceptors (Lipinski definition) is 3. The molecule has 0 aliphatic carbocycles. The molecule has 0 aliphatic rings. The molecule has 1 aromatic rings. The van der Waals surface area contributed by atoms with Gasteiger partial charge in [-0.2, -0.15) is 0 Å². The fourth-order valence-electron chi connectivity index (χ4n) is 1.15. The van der Waals surface area contributed by atoms with Gasteiger partial charge in [0.05, 0.1) is 5.69 Å². The molecule has 70 valence electrons. The zero-order valence-corrected chi connectivity index (χ0v) is 7.40. The summed E-state index contributed by atoms with van der Waals surface area (Å²) in [6, 6.07) is 2.60. The van der Waals surface area contributed by atoms with Crippen LogP contribution < -0.4 is 5.73 Å². The van der Waals surface area contributed by atoms with Gasteiger partial charge in [-0.1, -0.05) is 13.0 Å². The van der Waals surface area contributed by atoms with Gasteiger partial charge in [-0.25, -0.2) is 0 Å². The van der Waals surface area contributed by atoms with E-state index in [1.807, 2.05) is 13.0 Å². The van der Waals surface area contributed by atoms with Gasteiger partial charge in [-0.3, -0.25) is 9.78 Å². The van der Waals surface area contributed by atoms with Gasteiger partial charge in [-0.05, 0) is 18.1 Å². The van der Waals surface area contributed by atoms with Crippen molar-refractivity contribution in [3.8, 4) is 0 Å². The standard InChI is InChI=1S/C9H12N2O2/c1-2-6-4-3-5-11-8(6)7(10)9(12)13/h3-5,7H,2,10H2,1H3,(H,12,13)/t7-/m0/s1. The molecule has 0 spiro atoms. The number of carboxylic acids is 1. The first-order valence-electron chi connectivity index (χ1n) is 4.09. The third kappa shape index (κ3) is 2.03. The van der Waals surface area contributed by atoms with Gasteiger partial charge in [0.2, 0.25) is 0 Å². The Hall–Kier alpha value is -1.42. The normalized spacial score (nSPS) is 12.5. The Morgan fingerprint density at radius 1 is 1.77 bits per heavy atom. The summed E-state index contributed by atoms with van der Waals surface area (Å²) in [6.45, 7) is 1.94. The molecule has 1 aromatic heterocycles. The lowest BCUT2D eigenvalue weighted by Crippen LogP contribution is -2.23. The van der Waals surface area contributed by atoms with Crippen molar-refractivity contribution in [2.24, 2.45) is 5.73 Å². The predicted octanol–water partition coefficient (Wildman–Crippen LogP) is 0.728. The first-order chi connectivity index (χ1) is 6.16. The molecule has 0 aliphatic heterocycles. The molecule has 0 aromatic carbocycles. The third-order valence-electron chi connectivity index (χ3n) is 1.87. The van der Waals surface area contributed by atoms with Crippen LogP contribution in [-0.2, 0) is 11.2 Å². The molecule has 13 heavy (non-hydrogen) atoms. The van der Waals surface area contributed by atoms with Gasteiger partial charge >= 0.3 is 5.97 Å². The van der Waals surface area contributed by atoms with E-state index in [1.165, 1.54) is 0 Å². The molecule has 4 heteroatoms. The van der Waals surface area contributed by atoms with Gasteiger partial charge in [0.25, 0.3) is 0 Å². The molecule has 1 heterocycles. The van der Waals surface area contributed by atoms with Crippen molar-refractivity contribution in [1.82, 2.24) is 4.98 Å². The van der Waals surface area contributed by atoms with E-state index in [2.05, 4.69) is 4.98 Å². The van der Waals surface area contributed by atoms with E-state index in [0.717, 1.165) is 12.0 Å². The summed E-state index contributed by atoms with van der Waals surface area (Å²) < 4.78 is 0. The Labute approximate surface area is 76.4 Å².